The zero-order valence-electron chi connectivity index (χ0n) is 15.9. The van der Waals surface area contributed by atoms with Gasteiger partial charge in [-0.1, -0.05) is 46.9 Å². The summed E-state index contributed by atoms with van der Waals surface area (Å²) >= 11 is 18.0. The van der Waals surface area contributed by atoms with Crippen molar-refractivity contribution in [2.45, 2.75) is 6.42 Å². The molecule has 0 N–H and O–H groups in total. The second-order valence-corrected chi connectivity index (χ2v) is 7.74. The molecule has 0 atom stereocenters. The first-order valence-corrected chi connectivity index (χ1v) is 10.1. The van der Waals surface area contributed by atoms with E-state index in [0.717, 1.165) is 0 Å². The minimum Gasteiger partial charge on any atom is -0.453 e. The Kier molecular flexibility index (Phi) is 6.28. The zero-order valence-corrected chi connectivity index (χ0v) is 18.1. The Hall–Kier alpha value is -3.18. The Morgan fingerprint density at radius 2 is 1.84 bits per heavy atom. The lowest BCUT2D eigenvalue weighted by atomic mass is 10.1. The summed E-state index contributed by atoms with van der Waals surface area (Å²) < 4.78 is 40.0. The van der Waals surface area contributed by atoms with Gasteiger partial charge in [-0.25, -0.2) is 8.78 Å². The lowest BCUT2D eigenvalue weighted by molar-refractivity contribution is 0.437. The van der Waals surface area contributed by atoms with Crippen LogP contribution in [0.15, 0.2) is 52.9 Å². The summed E-state index contributed by atoms with van der Waals surface area (Å²) in [6.07, 6.45) is -0.0850. The number of halogens is 5. The average molecular weight is 493 g/mol. The molecule has 3 aromatic carbocycles. The largest absolute Gasteiger partial charge is 0.453 e. The molecule has 0 bridgehead atoms. The maximum Gasteiger partial charge on any atom is 0.249 e. The van der Waals surface area contributed by atoms with E-state index in [-0.39, 0.29) is 61.5 Å². The molecule has 0 unspecified atom stereocenters. The molecule has 0 spiro atoms. The first-order chi connectivity index (χ1) is 15.4. The normalized spacial score (nSPS) is 10.8. The van der Waals surface area contributed by atoms with Crippen molar-refractivity contribution in [3.8, 4) is 29.0 Å². The maximum absolute atomic E-state index is 15.2. The van der Waals surface area contributed by atoms with Crippen molar-refractivity contribution in [3.63, 3.8) is 0 Å². The van der Waals surface area contributed by atoms with E-state index >= 15 is 4.39 Å². The van der Waals surface area contributed by atoms with Crippen molar-refractivity contribution in [2.24, 2.45) is 0 Å². The van der Waals surface area contributed by atoms with E-state index in [1.165, 1.54) is 48.5 Å². The monoisotopic (exact) mass is 491 g/mol. The van der Waals surface area contributed by atoms with Crippen molar-refractivity contribution >= 4 is 34.8 Å². The van der Waals surface area contributed by atoms with Gasteiger partial charge in [0.2, 0.25) is 11.8 Å². The molecule has 4 rings (SSSR count). The predicted molar refractivity (Wildman–Crippen MR) is 115 cm³/mol. The van der Waals surface area contributed by atoms with Gasteiger partial charge in [-0.2, -0.15) is 5.26 Å². The van der Waals surface area contributed by atoms with Crippen LogP contribution in [-0.2, 0) is 6.42 Å². The van der Waals surface area contributed by atoms with Crippen LogP contribution in [0.3, 0.4) is 0 Å². The summed E-state index contributed by atoms with van der Waals surface area (Å²) in [5.74, 6) is -1.41. The Morgan fingerprint density at radius 1 is 1.03 bits per heavy atom. The zero-order chi connectivity index (χ0) is 22.8. The quantitative estimate of drug-likeness (QED) is 0.294. The molecule has 0 saturated carbocycles. The van der Waals surface area contributed by atoms with Crippen LogP contribution >= 0.6 is 34.8 Å². The Morgan fingerprint density at radius 3 is 2.62 bits per heavy atom. The van der Waals surface area contributed by atoms with Crippen molar-refractivity contribution in [3.05, 3.63) is 92.3 Å². The highest BCUT2D eigenvalue weighted by Gasteiger charge is 2.19. The van der Waals surface area contributed by atoms with Gasteiger partial charge in [-0.05, 0) is 36.4 Å². The van der Waals surface area contributed by atoms with Gasteiger partial charge < -0.3 is 9.15 Å². The van der Waals surface area contributed by atoms with E-state index < -0.39 is 11.6 Å². The Labute approximate surface area is 195 Å². The number of benzene rings is 3. The summed E-state index contributed by atoms with van der Waals surface area (Å²) in [6.45, 7) is 0. The summed E-state index contributed by atoms with van der Waals surface area (Å²) in [6, 6.07) is 13.3. The highest BCUT2D eigenvalue weighted by molar-refractivity contribution is 6.33. The van der Waals surface area contributed by atoms with Crippen molar-refractivity contribution in [2.75, 3.05) is 0 Å². The number of ether oxygens (including phenoxy) is 1. The van der Waals surface area contributed by atoms with Crippen LogP contribution in [0.2, 0.25) is 15.1 Å². The Bertz CT molecular complexity index is 1370. The van der Waals surface area contributed by atoms with E-state index in [2.05, 4.69) is 10.2 Å². The maximum atomic E-state index is 15.2. The fourth-order valence-electron chi connectivity index (χ4n) is 2.87. The molecule has 4 aromatic rings. The number of aromatic nitrogens is 2. The molecule has 1 aromatic heterocycles. The predicted octanol–water partition coefficient (Wildman–Crippen LogP) is 7.23. The molecule has 32 heavy (non-hydrogen) atoms. The van der Waals surface area contributed by atoms with E-state index in [1.807, 2.05) is 6.07 Å². The van der Waals surface area contributed by atoms with Crippen molar-refractivity contribution < 1.29 is 17.9 Å². The molecule has 0 saturated heterocycles. The van der Waals surface area contributed by atoms with Gasteiger partial charge in [0.25, 0.3) is 0 Å². The first-order valence-electron chi connectivity index (χ1n) is 8.98. The summed E-state index contributed by atoms with van der Waals surface area (Å²) in [5.41, 5.74) is 0.627. The molecule has 0 aliphatic carbocycles. The minimum absolute atomic E-state index is 0.00157. The molecule has 0 radical (unpaired) electrons. The van der Waals surface area contributed by atoms with Gasteiger partial charge in [0.15, 0.2) is 11.6 Å². The third-order valence-corrected chi connectivity index (χ3v) is 5.24. The van der Waals surface area contributed by atoms with E-state index in [4.69, 9.17) is 49.2 Å². The number of nitriles is 1. The standard InChI is InChI=1S/C22H10Cl3F2N3O2/c23-13-6-11(10-28)7-14(9-13)31-21-16(24)5-4-12(20(21)27)8-18-29-30-22(32-18)15-2-1-3-17(26)19(15)25/h1-7,9H,8H2. The van der Waals surface area contributed by atoms with Gasteiger partial charge >= 0.3 is 0 Å². The highest BCUT2D eigenvalue weighted by Crippen LogP contribution is 2.36. The molecule has 5 nitrogen and oxygen atoms in total. The summed E-state index contributed by atoms with van der Waals surface area (Å²) in [5, 5.41) is 16.9. The molecule has 1 heterocycles. The van der Waals surface area contributed by atoms with Crippen LogP contribution in [0, 0.1) is 23.0 Å². The van der Waals surface area contributed by atoms with E-state index in [1.54, 1.807) is 0 Å². The van der Waals surface area contributed by atoms with Crippen LogP contribution in [-0.4, -0.2) is 10.2 Å². The minimum atomic E-state index is -0.750. The second kappa shape index (κ2) is 9.13. The van der Waals surface area contributed by atoms with Gasteiger partial charge in [-0.15, -0.1) is 10.2 Å². The highest BCUT2D eigenvalue weighted by atomic mass is 35.5. The number of rotatable bonds is 5. The average Bonchev–Trinajstić information content (AvgIpc) is 3.23. The lowest BCUT2D eigenvalue weighted by Crippen LogP contribution is -1.98. The van der Waals surface area contributed by atoms with Crippen LogP contribution in [0.5, 0.6) is 11.5 Å². The Balaban J connectivity index is 1.63. The van der Waals surface area contributed by atoms with Crippen molar-refractivity contribution in [1.82, 2.24) is 10.2 Å². The third-order valence-electron chi connectivity index (χ3n) is 4.34. The van der Waals surface area contributed by atoms with Crippen LogP contribution in [0.1, 0.15) is 17.0 Å². The van der Waals surface area contributed by atoms with Crippen LogP contribution in [0.25, 0.3) is 11.5 Å². The van der Waals surface area contributed by atoms with Crippen LogP contribution < -0.4 is 4.74 Å². The SMILES string of the molecule is N#Cc1cc(Cl)cc(Oc2c(Cl)ccc(Cc3nnc(-c4cccc(F)c4Cl)o3)c2F)c1. The molecule has 0 amide bonds. The molecule has 10 heteroatoms. The third kappa shape index (κ3) is 4.53. The molecule has 0 aliphatic heterocycles. The van der Waals surface area contributed by atoms with Gasteiger partial charge in [-0.3, -0.25) is 0 Å². The number of nitrogens with zero attached hydrogens (tertiary/aromatic N) is 3. The van der Waals surface area contributed by atoms with E-state index in [0.29, 0.717) is 0 Å². The second-order valence-electron chi connectivity index (χ2n) is 6.52. The molecular formula is C22H10Cl3F2N3O2. The fraction of sp³-hybridized carbons (Fsp3) is 0.0455. The van der Waals surface area contributed by atoms with Crippen molar-refractivity contribution in [1.29, 1.82) is 5.26 Å². The molecule has 0 aliphatic rings. The lowest BCUT2D eigenvalue weighted by Gasteiger charge is -2.11. The van der Waals surface area contributed by atoms with Gasteiger partial charge in [0.1, 0.15) is 11.6 Å². The first kappa shape index (κ1) is 22.0. The molecule has 160 valence electrons. The number of hydrogen-bond donors (Lipinski definition) is 0. The van der Waals surface area contributed by atoms with Gasteiger partial charge in [0.05, 0.1) is 33.7 Å². The van der Waals surface area contributed by atoms with E-state index in [9.17, 15) is 4.39 Å². The number of hydrogen-bond acceptors (Lipinski definition) is 5. The molecular weight excluding hydrogens is 483 g/mol. The van der Waals surface area contributed by atoms with Crippen LogP contribution in [0.4, 0.5) is 8.78 Å². The molecule has 0 fully saturated rings. The smallest absolute Gasteiger partial charge is 0.249 e. The fourth-order valence-corrected chi connectivity index (χ4v) is 3.49. The summed E-state index contributed by atoms with van der Waals surface area (Å²) in [7, 11) is 0. The summed E-state index contributed by atoms with van der Waals surface area (Å²) in [4.78, 5) is 0. The van der Waals surface area contributed by atoms with Gasteiger partial charge in [0, 0.05) is 10.6 Å². The topological polar surface area (TPSA) is 71.9 Å².